The average Bonchev–Trinajstić information content (AvgIpc) is 2.36. The maximum atomic E-state index is 11.9. The molecule has 0 atom stereocenters. The number of hydrogen-bond acceptors (Lipinski definition) is 4. The quantitative estimate of drug-likeness (QED) is 0.713. The first kappa shape index (κ1) is 13.4. The normalized spacial score (nSPS) is 9.88. The molecule has 1 radical (unpaired) electrons. The highest BCUT2D eigenvalue weighted by Gasteiger charge is 2.19. The van der Waals surface area contributed by atoms with Gasteiger partial charge in [-0.25, -0.2) is 0 Å². The first-order valence-corrected chi connectivity index (χ1v) is 5.31. The van der Waals surface area contributed by atoms with E-state index in [9.17, 15) is 4.79 Å². The monoisotopic (exact) mass is 237 g/mol. The molecular formula is C13H17O4. The third kappa shape index (κ3) is 2.70. The molecule has 0 spiro atoms. The smallest absolute Gasteiger partial charge is 0.204 e. The lowest BCUT2D eigenvalue weighted by molar-refractivity contribution is 0.0980. The van der Waals surface area contributed by atoms with Crippen LogP contribution in [0.25, 0.3) is 0 Å². The van der Waals surface area contributed by atoms with Crippen LogP contribution in [0.4, 0.5) is 0 Å². The number of ether oxygens (including phenoxy) is 3. The molecule has 0 saturated heterocycles. The molecule has 0 N–H and O–H groups in total. The van der Waals surface area contributed by atoms with Gasteiger partial charge in [0.2, 0.25) is 5.75 Å². The topological polar surface area (TPSA) is 44.8 Å². The summed E-state index contributed by atoms with van der Waals surface area (Å²) in [6.45, 7) is 3.67. The second kappa shape index (κ2) is 6.13. The van der Waals surface area contributed by atoms with E-state index in [4.69, 9.17) is 14.2 Å². The highest BCUT2D eigenvalue weighted by atomic mass is 16.5. The van der Waals surface area contributed by atoms with Gasteiger partial charge in [-0.15, -0.1) is 0 Å². The van der Waals surface area contributed by atoms with E-state index in [0.717, 1.165) is 0 Å². The van der Waals surface area contributed by atoms with Crippen LogP contribution in [0.5, 0.6) is 17.2 Å². The van der Waals surface area contributed by atoms with Crippen molar-refractivity contribution < 1.29 is 19.0 Å². The fraction of sp³-hybridized carbons (Fsp3) is 0.385. The van der Waals surface area contributed by atoms with Crippen molar-refractivity contribution in [3.05, 3.63) is 24.6 Å². The van der Waals surface area contributed by atoms with E-state index in [0.29, 0.717) is 35.7 Å². The second-order valence-corrected chi connectivity index (χ2v) is 3.41. The third-order valence-corrected chi connectivity index (χ3v) is 2.41. The number of methoxy groups -OCH3 is 3. The summed E-state index contributed by atoms with van der Waals surface area (Å²) >= 11 is 0. The van der Waals surface area contributed by atoms with E-state index in [1.807, 2.05) is 0 Å². The van der Waals surface area contributed by atoms with Gasteiger partial charge in [0.15, 0.2) is 17.3 Å². The highest BCUT2D eigenvalue weighted by Crippen LogP contribution is 2.40. The van der Waals surface area contributed by atoms with Gasteiger partial charge >= 0.3 is 0 Å². The zero-order valence-corrected chi connectivity index (χ0v) is 10.4. The first-order valence-electron chi connectivity index (χ1n) is 5.31. The van der Waals surface area contributed by atoms with Gasteiger partial charge in [-0.05, 0) is 18.6 Å². The zero-order chi connectivity index (χ0) is 12.8. The fourth-order valence-corrected chi connectivity index (χ4v) is 1.62. The maximum Gasteiger partial charge on any atom is 0.204 e. The van der Waals surface area contributed by atoms with E-state index in [1.165, 1.54) is 21.3 Å². The Hall–Kier alpha value is -1.71. The molecule has 4 nitrogen and oxygen atoms in total. The lowest BCUT2D eigenvalue weighted by Crippen LogP contribution is -2.04. The van der Waals surface area contributed by atoms with Crippen molar-refractivity contribution in [2.24, 2.45) is 0 Å². The first-order chi connectivity index (χ1) is 8.19. The average molecular weight is 237 g/mol. The van der Waals surface area contributed by atoms with Crippen LogP contribution >= 0.6 is 0 Å². The molecule has 0 amide bonds. The van der Waals surface area contributed by atoms with Crippen LogP contribution in [0.2, 0.25) is 0 Å². The Morgan fingerprint density at radius 1 is 1.12 bits per heavy atom. The number of rotatable bonds is 6. The van der Waals surface area contributed by atoms with Crippen molar-refractivity contribution in [2.45, 2.75) is 12.8 Å². The lowest BCUT2D eigenvalue weighted by Gasteiger charge is -2.14. The Kier molecular flexibility index (Phi) is 4.82. The second-order valence-electron chi connectivity index (χ2n) is 3.41. The molecule has 4 heteroatoms. The lowest BCUT2D eigenvalue weighted by atomic mass is 10.0. The Labute approximate surface area is 101 Å². The van der Waals surface area contributed by atoms with Gasteiger partial charge in [-0.3, -0.25) is 4.79 Å². The Bertz CT molecular complexity index is 399. The number of carbonyl (C=O) groups excluding carboxylic acids is 1. The molecule has 0 bridgehead atoms. The molecule has 0 saturated carbocycles. The van der Waals surface area contributed by atoms with Crippen molar-refractivity contribution >= 4 is 5.78 Å². The molecule has 17 heavy (non-hydrogen) atoms. The zero-order valence-electron chi connectivity index (χ0n) is 10.4. The summed E-state index contributed by atoms with van der Waals surface area (Å²) in [4.78, 5) is 11.9. The number of carbonyl (C=O) groups is 1. The van der Waals surface area contributed by atoms with Crippen LogP contribution in [0.3, 0.4) is 0 Å². The van der Waals surface area contributed by atoms with Crippen molar-refractivity contribution in [1.29, 1.82) is 0 Å². The largest absolute Gasteiger partial charge is 0.493 e. The van der Waals surface area contributed by atoms with E-state index in [-0.39, 0.29) is 5.78 Å². The van der Waals surface area contributed by atoms with Gasteiger partial charge in [-0.1, -0.05) is 6.92 Å². The van der Waals surface area contributed by atoms with Gasteiger partial charge in [0.05, 0.1) is 26.9 Å². The van der Waals surface area contributed by atoms with Crippen molar-refractivity contribution in [2.75, 3.05) is 21.3 Å². The molecule has 1 rings (SSSR count). The summed E-state index contributed by atoms with van der Waals surface area (Å²) in [7, 11) is 4.54. The summed E-state index contributed by atoms with van der Waals surface area (Å²) in [6.07, 6.45) is 0.933. The summed E-state index contributed by atoms with van der Waals surface area (Å²) in [6, 6.07) is 3.37. The van der Waals surface area contributed by atoms with E-state index in [1.54, 1.807) is 12.1 Å². The SMILES string of the molecule is [CH2]CCC(=O)c1ccc(OC)c(OC)c1OC. The van der Waals surface area contributed by atoms with Gasteiger partial charge < -0.3 is 14.2 Å². The Balaban J connectivity index is 3.27. The van der Waals surface area contributed by atoms with Gasteiger partial charge in [0, 0.05) is 6.42 Å². The molecule has 0 aromatic heterocycles. The van der Waals surface area contributed by atoms with Crippen LogP contribution in [-0.4, -0.2) is 27.1 Å². The summed E-state index contributed by atoms with van der Waals surface area (Å²) < 4.78 is 15.6. The minimum absolute atomic E-state index is 0.0159. The number of ketones is 1. The molecular weight excluding hydrogens is 220 g/mol. The molecule has 0 unspecified atom stereocenters. The van der Waals surface area contributed by atoms with Crippen LogP contribution < -0.4 is 14.2 Å². The molecule has 1 aromatic rings. The van der Waals surface area contributed by atoms with E-state index < -0.39 is 0 Å². The molecule has 0 aliphatic rings. The molecule has 0 fully saturated rings. The maximum absolute atomic E-state index is 11.9. The number of benzene rings is 1. The summed E-state index contributed by atoms with van der Waals surface area (Å²) in [5, 5.41) is 0. The fourth-order valence-electron chi connectivity index (χ4n) is 1.62. The standard InChI is InChI=1S/C13H17O4/c1-5-6-10(14)9-7-8-11(15-2)13(17-4)12(9)16-3/h7-8H,1,5-6H2,2-4H3. The summed E-state index contributed by atoms with van der Waals surface area (Å²) in [5.41, 5.74) is 0.494. The van der Waals surface area contributed by atoms with Crippen LogP contribution in [0, 0.1) is 6.92 Å². The van der Waals surface area contributed by atoms with Crippen molar-refractivity contribution in [3.63, 3.8) is 0 Å². The molecule has 0 aliphatic carbocycles. The number of hydrogen-bond donors (Lipinski definition) is 0. The van der Waals surface area contributed by atoms with Gasteiger partial charge in [0.25, 0.3) is 0 Å². The van der Waals surface area contributed by atoms with Crippen LogP contribution in [-0.2, 0) is 0 Å². The van der Waals surface area contributed by atoms with Gasteiger partial charge in [-0.2, -0.15) is 0 Å². The summed E-state index contributed by atoms with van der Waals surface area (Å²) in [5.74, 6) is 1.36. The van der Waals surface area contributed by atoms with E-state index in [2.05, 4.69) is 6.92 Å². The van der Waals surface area contributed by atoms with Crippen molar-refractivity contribution in [3.8, 4) is 17.2 Å². The van der Waals surface area contributed by atoms with Gasteiger partial charge in [0.1, 0.15) is 0 Å². The highest BCUT2D eigenvalue weighted by molar-refractivity contribution is 5.99. The van der Waals surface area contributed by atoms with Crippen LogP contribution in [0.1, 0.15) is 23.2 Å². The number of Topliss-reactive ketones (excluding diaryl/α,β-unsaturated/α-hetero) is 1. The predicted molar refractivity (Wildman–Crippen MR) is 65.0 cm³/mol. The van der Waals surface area contributed by atoms with E-state index >= 15 is 0 Å². The molecule has 93 valence electrons. The minimum Gasteiger partial charge on any atom is -0.493 e. The third-order valence-electron chi connectivity index (χ3n) is 2.41. The predicted octanol–water partition coefficient (Wildman–Crippen LogP) is 2.51. The molecule has 0 aliphatic heterocycles. The molecule has 1 aromatic carbocycles. The minimum atomic E-state index is -0.0159. The van der Waals surface area contributed by atoms with Crippen molar-refractivity contribution in [1.82, 2.24) is 0 Å². The van der Waals surface area contributed by atoms with Crippen LogP contribution in [0.15, 0.2) is 12.1 Å². The Morgan fingerprint density at radius 3 is 2.24 bits per heavy atom. The molecule has 0 heterocycles. The Morgan fingerprint density at radius 2 is 1.76 bits per heavy atom.